The Morgan fingerprint density at radius 1 is 0.909 bits per heavy atom. The van der Waals surface area contributed by atoms with Gasteiger partial charge in [0.2, 0.25) is 0 Å². The molecule has 0 spiro atoms. The van der Waals surface area contributed by atoms with Gasteiger partial charge in [0, 0.05) is 29.8 Å². The summed E-state index contributed by atoms with van der Waals surface area (Å²) in [5.74, 6) is 1.02. The van der Waals surface area contributed by atoms with Gasteiger partial charge in [0.1, 0.15) is 5.82 Å². The zero-order valence-corrected chi connectivity index (χ0v) is 13.6. The number of aromatic nitrogens is 3. The van der Waals surface area contributed by atoms with Crippen LogP contribution < -0.4 is 0 Å². The lowest BCUT2D eigenvalue weighted by Gasteiger charge is -2.11. The molecule has 0 fully saturated rings. The van der Waals surface area contributed by atoms with E-state index in [4.69, 9.17) is 0 Å². The Morgan fingerprint density at radius 2 is 1.73 bits per heavy atom. The smallest absolute Gasteiger partial charge is 0.105 e. The summed E-state index contributed by atoms with van der Waals surface area (Å²) in [7, 11) is 0. The van der Waals surface area contributed by atoms with Crippen LogP contribution in [0.3, 0.4) is 0 Å². The molecular formula is C19H21N3. The third-order valence-electron chi connectivity index (χ3n) is 4.30. The predicted octanol–water partition coefficient (Wildman–Crippen LogP) is 4.23. The van der Waals surface area contributed by atoms with Crippen molar-refractivity contribution in [1.29, 1.82) is 0 Å². The van der Waals surface area contributed by atoms with Gasteiger partial charge in [-0.3, -0.25) is 4.98 Å². The van der Waals surface area contributed by atoms with Crippen molar-refractivity contribution in [3.8, 4) is 11.1 Å². The molecule has 2 aromatic heterocycles. The summed E-state index contributed by atoms with van der Waals surface area (Å²) >= 11 is 0. The molecular weight excluding hydrogens is 270 g/mol. The van der Waals surface area contributed by atoms with Crippen molar-refractivity contribution in [2.24, 2.45) is 0 Å². The van der Waals surface area contributed by atoms with Crippen molar-refractivity contribution in [3.63, 3.8) is 0 Å². The lowest BCUT2D eigenvalue weighted by Crippen LogP contribution is -2.04. The van der Waals surface area contributed by atoms with E-state index in [0.717, 1.165) is 18.1 Å². The van der Waals surface area contributed by atoms with Crippen LogP contribution in [-0.4, -0.2) is 14.5 Å². The molecule has 112 valence electrons. The van der Waals surface area contributed by atoms with Crippen molar-refractivity contribution in [3.05, 3.63) is 71.1 Å². The number of hydrogen-bond donors (Lipinski definition) is 0. The summed E-state index contributed by atoms with van der Waals surface area (Å²) < 4.78 is 2.15. The van der Waals surface area contributed by atoms with Crippen molar-refractivity contribution in [1.82, 2.24) is 14.5 Å². The van der Waals surface area contributed by atoms with E-state index >= 15 is 0 Å². The quantitative estimate of drug-likeness (QED) is 0.723. The van der Waals surface area contributed by atoms with Crippen LogP contribution >= 0.6 is 0 Å². The highest BCUT2D eigenvalue weighted by Gasteiger charge is 2.07. The van der Waals surface area contributed by atoms with E-state index in [-0.39, 0.29) is 0 Å². The number of nitrogens with zero attached hydrogens (tertiary/aromatic N) is 3. The number of benzene rings is 1. The topological polar surface area (TPSA) is 30.7 Å². The first-order chi connectivity index (χ1) is 10.5. The second kappa shape index (κ2) is 5.76. The average Bonchev–Trinajstić information content (AvgIpc) is 2.90. The average molecular weight is 291 g/mol. The molecule has 3 rings (SSSR count). The number of rotatable bonds is 3. The molecule has 2 heterocycles. The molecule has 0 aliphatic carbocycles. The highest BCUT2D eigenvalue weighted by atomic mass is 15.0. The number of imidazole rings is 1. The summed E-state index contributed by atoms with van der Waals surface area (Å²) in [6.45, 7) is 9.18. The van der Waals surface area contributed by atoms with Crippen LogP contribution in [-0.2, 0) is 6.54 Å². The summed E-state index contributed by atoms with van der Waals surface area (Å²) in [6, 6.07) is 8.81. The Labute approximate surface area is 131 Å². The van der Waals surface area contributed by atoms with Crippen LogP contribution in [0.5, 0.6) is 0 Å². The normalized spacial score (nSPS) is 10.9. The molecule has 0 atom stereocenters. The van der Waals surface area contributed by atoms with Gasteiger partial charge in [-0.15, -0.1) is 0 Å². The van der Waals surface area contributed by atoms with Gasteiger partial charge >= 0.3 is 0 Å². The Hall–Kier alpha value is -2.42. The minimum absolute atomic E-state index is 0.809. The minimum Gasteiger partial charge on any atom is -0.331 e. The van der Waals surface area contributed by atoms with E-state index in [1.807, 2.05) is 25.5 Å². The highest BCUT2D eigenvalue weighted by Crippen LogP contribution is 2.24. The maximum atomic E-state index is 4.58. The number of hydrogen-bond acceptors (Lipinski definition) is 2. The zero-order chi connectivity index (χ0) is 15.7. The van der Waals surface area contributed by atoms with Crippen molar-refractivity contribution >= 4 is 0 Å². The molecule has 3 aromatic rings. The van der Waals surface area contributed by atoms with Crippen LogP contribution in [0.1, 0.15) is 28.2 Å². The monoisotopic (exact) mass is 291 g/mol. The second-order valence-electron chi connectivity index (χ2n) is 5.87. The van der Waals surface area contributed by atoms with E-state index in [2.05, 4.69) is 59.6 Å². The van der Waals surface area contributed by atoms with E-state index in [1.54, 1.807) is 0 Å². The van der Waals surface area contributed by atoms with Gasteiger partial charge < -0.3 is 4.57 Å². The van der Waals surface area contributed by atoms with Gasteiger partial charge in [0.05, 0.1) is 6.54 Å². The van der Waals surface area contributed by atoms with Crippen LogP contribution in [0.2, 0.25) is 0 Å². The van der Waals surface area contributed by atoms with Gasteiger partial charge in [0.15, 0.2) is 0 Å². The Kier molecular flexibility index (Phi) is 3.80. The second-order valence-corrected chi connectivity index (χ2v) is 5.87. The lowest BCUT2D eigenvalue weighted by molar-refractivity contribution is 0.753. The van der Waals surface area contributed by atoms with Crippen LogP contribution in [0.4, 0.5) is 0 Å². The molecule has 22 heavy (non-hydrogen) atoms. The molecule has 3 heteroatoms. The fraction of sp³-hybridized carbons (Fsp3) is 0.263. The van der Waals surface area contributed by atoms with Gasteiger partial charge in [-0.25, -0.2) is 4.98 Å². The fourth-order valence-corrected chi connectivity index (χ4v) is 2.57. The maximum Gasteiger partial charge on any atom is 0.105 e. The van der Waals surface area contributed by atoms with Crippen LogP contribution in [0.25, 0.3) is 11.1 Å². The van der Waals surface area contributed by atoms with Crippen LogP contribution in [0.15, 0.2) is 42.9 Å². The predicted molar refractivity (Wildman–Crippen MR) is 90.0 cm³/mol. The Morgan fingerprint density at radius 3 is 2.41 bits per heavy atom. The van der Waals surface area contributed by atoms with E-state index in [1.165, 1.54) is 27.8 Å². The first-order valence-corrected chi connectivity index (χ1v) is 7.55. The molecule has 0 amide bonds. The van der Waals surface area contributed by atoms with E-state index in [0.29, 0.717) is 0 Å². The summed E-state index contributed by atoms with van der Waals surface area (Å²) in [5.41, 5.74) is 7.32. The SMILES string of the molecule is Cc1ccc(-c2cnc(C)c(Cn3ccnc3C)c2)cc1C. The van der Waals surface area contributed by atoms with E-state index in [9.17, 15) is 0 Å². The molecule has 3 nitrogen and oxygen atoms in total. The number of pyridine rings is 1. The van der Waals surface area contributed by atoms with Gasteiger partial charge in [-0.2, -0.15) is 0 Å². The standard InChI is InChI=1S/C19H21N3/c1-13-5-6-17(9-14(13)2)18-10-19(15(3)21-11-18)12-22-8-7-20-16(22)4/h5-11H,12H2,1-4H3. The molecule has 0 aliphatic heterocycles. The minimum atomic E-state index is 0.809. The molecule has 0 saturated heterocycles. The Bertz CT molecular complexity index is 815. The van der Waals surface area contributed by atoms with Gasteiger partial charge in [0.25, 0.3) is 0 Å². The Balaban J connectivity index is 1.99. The molecule has 0 unspecified atom stereocenters. The largest absolute Gasteiger partial charge is 0.331 e. The van der Waals surface area contributed by atoms with Crippen molar-refractivity contribution in [2.45, 2.75) is 34.2 Å². The highest BCUT2D eigenvalue weighted by molar-refractivity contribution is 5.65. The van der Waals surface area contributed by atoms with Crippen LogP contribution in [0, 0.1) is 27.7 Å². The fourth-order valence-electron chi connectivity index (χ4n) is 2.57. The third-order valence-corrected chi connectivity index (χ3v) is 4.30. The van der Waals surface area contributed by atoms with Gasteiger partial charge in [-0.05, 0) is 56.0 Å². The summed E-state index contributed by atoms with van der Waals surface area (Å²) in [6.07, 6.45) is 5.81. The lowest BCUT2D eigenvalue weighted by atomic mass is 10.00. The van der Waals surface area contributed by atoms with Crippen molar-refractivity contribution in [2.75, 3.05) is 0 Å². The summed E-state index contributed by atoms with van der Waals surface area (Å²) in [5, 5.41) is 0. The molecule has 0 aliphatic rings. The zero-order valence-electron chi connectivity index (χ0n) is 13.6. The third kappa shape index (κ3) is 2.80. The number of aryl methyl sites for hydroxylation is 4. The molecule has 0 radical (unpaired) electrons. The molecule has 0 saturated carbocycles. The van der Waals surface area contributed by atoms with Crippen molar-refractivity contribution < 1.29 is 0 Å². The molecule has 0 N–H and O–H groups in total. The maximum absolute atomic E-state index is 4.58. The van der Waals surface area contributed by atoms with E-state index < -0.39 is 0 Å². The molecule has 1 aromatic carbocycles. The molecule has 0 bridgehead atoms. The first kappa shape index (κ1) is 14.5. The summed E-state index contributed by atoms with van der Waals surface area (Å²) in [4.78, 5) is 8.87. The first-order valence-electron chi connectivity index (χ1n) is 7.55. The van der Waals surface area contributed by atoms with Gasteiger partial charge in [-0.1, -0.05) is 18.2 Å².